The average molecular weight is 406 g/mol. The molecular weight excluding hydrogens is 384 g/mol. The Morgan fingerprint density at radius 3 is 2.97 bits per heavy atom. The molecule has 1 aromatic carbocycles. The van der Waals surface area contributed by atoms with E-state index in [1.165, 1.54) is 6.20 Å². The first-order valence-electron chi connectivity index (χ1n) is 9.69. The molecule has 0 fully saturated rings. The molecule has 30 heavy (non-hydrogen) atoms. The smallest absolute Gasteiger partial charge is 0.271 e. The van der Waals surface area contributed by atoms with E-state index in [1.54, 1.807) is 10.8 Å². The lowest BCUT2D eigenvalue weighted by Gasteiger charge is -2.16. The van der Waals surface area contributed by atoms with Crippen LogP contribution in [0.5, 0.6) is 0 Å². The van der Waals surface area contributed by atoms with E-state index in [0.29, 0.717) is 30.4 Å². The zero-order valence-electron chi connectivity index (χ0n) is 16.9. The molecule has 4 bridgehead atoms. The molecule has 1 atom stereocenters. The number of carbonyl (C=O) groups is 1. The van der Waals surface area contributed by atoms with E-state index in [-0.39, 0.29) is 11.9 Å². The summed E-state index contributed by atoms with van der Waals surface area (Å²) in [5.41, 5.74) is 5.32. The molecule has 10 heteroatoms. The summed E-state index contributed by atoms with van der Waals surface area (Å²) in [6, 6.07) is 5.77. The quantitative estimate of drug-likeness (QED) is 0.444. The highest BCUT2D eigenvalue weighted by Gasteiger charge is 2.19. The third kappa shape index (κ3) is 3.01. The molecule has 10 nitrogen and oxygen atoms in total. The van der Waals surface area contributed by atoms with Gasteiger partial charge in [0.1, 0.15) is 5.52 Å². The second kappa shape index (κ2) is 6.99. The third-order valence-corrected chi connectivity index (χ3v) is 5.14. The van der Waals surface area contributed by atoms with Crippen molar-refractivity contribution in [2.45, 2.75) is 19.6 Å². The van der Waals surface area contributed by atoms with Gasteiger partial charge in [-0.2, -0.15) is 0 Å². The van der Waals surface area contributed by atoms with Crippen molar-refractivity contribution in [3.63, 3.8) is 0 Å². The van der Waals surface area contributed by atoms with E-state index in [1.807, 2.05) is 37.7 Å². The van der Waals surface area contributed by atoms with E-state index >= 15 is 0 Å². The summed E-state index contributed by atoms with van der Waals surface area (Å²) in [5.74, 6) is 0.307. The lowest BCUT2D eigenvalue weighted by molar-refractivity contribution is 0.0815. The average Bonchev–Trinajstić information content (AvgIpc) is 3.31. The number of benzene rings is 1. The van der Waals surface area contributed by atoms with E-state index in [4.69, 9.17) is 4.74 Å². The van der Waals surface area contributed by atoms with Crippen molar-refractivity contribution in [1.29, 1.82) is 0 Å². The molecule has 4 aromatic rings. The number of ether oxygens (including phenoxy) is 1. The van der Waals surface area contributed by atoms with Gasteiger partial charge in [0.2, 0.25) is 0 Å². The lowest BCUT2D eigenvalue weighted by atomic mass is 10.1. The molecule has 0 aliphatic carbocycles. The van der Waals surface area contributed by atoms with Gasteiger partial charge >= 0.3 is 0 Å². The number of anilines is 3. The summed E-state index contributed by atoms with van der Waals surface area (Å²) < 4.78 is 9.38. The third-order valence-electron chi connectivity index (χ3n) is 5.14. The number of amides is 1. The molecular formula is C20H22N8O2. The number of hydrogen-bond acceptors (Lipinski definition) is 7. The van der Waals surface area contributed by atoms with Crippen LogP contribution in [0.4, 0.5) is 17.2 Å². The minimum Gasteiger partial charge on any atom is -0.385 e. The van der Waals surface area contributed by atoms with Crippen LogP contribution in [0, 0.1) is 0 Å². The van der Waals surface area contributed by atoms with Crippen LogP contribution in [-0.2, 0) is 18.4 Å². The number of fused-ring (bicyclic) bond motifs is 5. The molecule has 1 amide bonds. The highest BCUT2D eigenvalue weighted by Crippen LogP contribution is 2.29. The Hall–Kier alpha value is -3.66. The zero-order valence-corrected chi connectivity index (χ0v) is 16.9. The molecule has 0 unspecified atom stereocenters. The van der Waals surface area contributed by atoms with Crippen molar-refractivity contribution < 1.29 is 9.53 Å². The van der Waals surface area contributed by atoms with Gasteiger partial charge in [-0.15, -0.1) is 5.10 Å². The summed E-state index contributed by atoms with van der Waals surface area (Å²) in [5, 5.41) is 14.1. The fraction of sp³-hybridized carbons (Fsp3) is 0.300. The van der Waals surface area contributed by atoms with Gasteiger partial charge in [-0.3, -0.25) is 4.79 Å². The van der Waals surface area contributed by atoms with Crippen LogP contribution < -0.4 is 16.0 Å². The number of hydrogen-bond donors (Lipinski definition) is 3. The van der Waals surface area contributed by atoms with E-state index < -0.39 is 0 Å². The number of aryl methyl sites for hydroxylation is 1. The minimum atomic E-state index is -0.256. The van der Waals surface area contributed by atoms with E-state index in [9.17, 15) is 4.79 Å². The standard InChI is InChI=1S/C20H22N8O2/c1-11-8-30-9-12-4-13(18-15(5-12)27(3)10-23-18)25-17-6-14(21-2)19-22-7-16(20(29)24-11)28(19)26-17/h4-7,10-11,21H,8-9H2,1-3H3,(H,24,29)(H,25,26)/t11-/m1/s1. The minimum absolute atomic E-state index is 0.170. The number of nitrogens with one attached hydrogen (secondary N) is 3. The number of imidazole rings is 2. The van der Waals surface area contributed by atoms with Crippen molar-refractivity contribution >= 4 is 39.8 Å². The van der Waals surface area contributed by atoms with Crippen molar-refractivity contribution in [2.75, 3.05) is 24.3 Å². The largest absolute Gasteiger partial charge is 0.385 e. The van der Waals surface area contributed by atoms with E-state index in [0.717, 1.165) is 28.0 Å². The highest BCUT2D eigenvalue weighted by atomic mass is 16.5. The first-order chi connectivity index (χ1) is 14.5. The van der Waals surface area contributed by atoms with Crippen molar-refractivity contribution in [1.82, 2.24) is 29.5 Å². The monoisotopic (exact) mass is 406 g/mol. The van der Waals surface area contributed by atoms with Crippen LogP contribution >= 0.6 is 0 Å². The second-order valence-corrected chi connectivity index (χ2v) is 7.45. The first kappa shape index (κ1) is 18.4. The van der Waals surface area contributed by atoms with Crippen molar-refractivity contribution in [2.24, 2.45) is 7.05 Å². The number of aromatic nitrogens is 5. The number of rotatable bonds is 1. The Morgan fingerprint density at radius 1 is 1.27 bits per heavy atom. The molecule has 1 aliphatic heterocycles. The molecule has 3 aromatic heterocycles. The molecule has 1 aliphatic rings. The van der Waals surface area contributed by atoms with Crippen LogP contribution in [0.15, 0.2) is 30.7 Å². The summed E-state index contributed by atoms with van der Waals surface area (Å²) in [6.07, 6.45) is 3.31. The van der Waals surface area contributed by atoms with Gasteiger partial charge in [-0.1, -0.05) is 0 Å². The van der Waals surface area contributed by atoms with Gasteiger partial charge in [0, 0.05) is 26.2 Å². The first-order valence-corrected chi connectivity index (χ1v) is 9.69. The maximum absolute atomic E-state index is 12.8. The van der Waals surface area contributed by atoms with Gasteiger partial charge in [-0.05, 0) is 24.6 Å². The molecule has 0 saturated carbocycles. The molecule has 5 rings (SSSR count). The summed E-state index contributed by atoms with van der Waals surface area (Å²) >= 11 is 0. The lowest BCUT2D eigenvalue weighted by Crippen LogP contribution is -2.36. The molecule has 0 saturated heterocycles. The Bertz CT molecular complexity index is 1280. The molecule has 4 heterocycles. The zero-order chi connectivity index (χ0) is 20.8. The fourth-order valence-corrected chi connectivity index (χ4v) is 3.67. The van der Waals surface area contributed by atoms with Crippen LogP contribution in [0.25, 0.3) is 16.7 Å². The summed E-state index contributed by atoms with van der Waals surface area (Å²) in [6.45, 7) is 2.71. The van der Waals surface area contributed by atoms with Crippen LogP contribution in [0.3, 0.4) is 0 Å². The highest BCUT2D eigenvalue weighted by molar-refractivity contribution is 5.94. The van der Waals surface area contributed by atoms with Gasteiger partial charge in [0.25, 0.3) is 5.91 Å². The SMILES string of the molecule is CNc1cc2nn3c(cnc13)C(=O)N[C@H](C)COCc1cc(c3ncn(C)c3c1)N2. The molecule has 154 valence electrons. The van der Waals surface area contributed by atoms with Gasteiger partial charge in [-0.25, -0.2) is 14.5 Å². The fourth-order valence-electron chi connectivity index (χ4n) is 3.67. The second-order valence-electron chi connectivity index (χ2n) is 7.45. The molecule has 0 spiro atoms. The Morgan fingerprint density at radius 2 is 2.13 bits per heavy atom. The Balaban J connectivity index is 1.72. The Labute approximate surface area is 172 Å². The summed E-state index contributed by atoms with van der Waals surface area (Å²) in [4.78, 5) is 21.7. The van der Waals surface area contributed by atoms with Crippen LogP contribution in [-0.4, -0.2) is 49.8 Å². The predicted molar refractivity (Wildman–Crippen MR) is 113 cm³/mol. The summed E-state index contributed by atoms with van der Waals surface area (Å²) in [7, 11) is 3.77. The number of carbonyl (C=O) groups excluding carboxylic acids is 1. The van der Waals surface area contributed by atoms with E-state index in [2.05, 4.69) is 37.1 Å². The van der Waals surface area contributed by atoms with Crippen molar-refractivity contribution in [3.05, 3.63) is 42.0 Å². The van der Waals surface area contributed by atoms with Gasteiger partial charge in [0.05, 0.1) is 42.6 Å². The normalized spacial score (nSPS) is 17.0. The molecule has 0 radical (unpaired) electrons. The van der Waals surface area contributed by atoms with Crippen LogP contribution in [0.1, 0.15) is 23.0 Å². The number of nitrogens with zero attached hydrogens (tertiary/aromatic N) is 5. The topological polar surface area (TPSA) is 110 Å². The molecule has 3 N–H and O–H groups in total. The Kier molecular flexibility index (Phi) is 4.28. The van der Waals surface area contributed by atoms with Gasteiger partial charge < -0.3 is 25.3 Å². The van der Waals surface area contributed by atoms with Crippen molar-refractivity contribution in [3.8, 4) is 0 Å². The maximum atomic E-state index is 12.8. The maximum Gasteiger partial charge on any atom is 0.271 e. The van der Waals surface area contributed by atoms with Crippen LogP contribution in [0.2, 0.25) is 0 Å². The predicted octanol–water partition coefficient (Wildman–Crippen LogP) is 2.05. The van der Waals surface area contributed by atoms with Gasteiger partial charge in [0.15, 0.2) is 17.2 Å².